The van der Waals surface area contributed by atoms with E-state index in [2.05, 4.69) is 10.3 Å². The fourth-order valence-corrected chi connectivity index (χ4v) is 4.45. The Morgan fingerprint density at radius 2 is 2.03 bits per heavy atom. The molecule has 1 aliphatic rings. The summed E-state index contributed by atoms with van der Waals surface area (Å²) in [6, 6.07) is 9.14. The second kappa shape index (κ2) is 10.7. The zero-order valence-electron chi connectivity index (χ0n) is 17.6. The molecule has 0 spiro atoms. The highest BCUT2D eigenvalue weighted by Crippen LogP contribution is 2.37. The van der Waals surface area contributed by atoms with Crippen LogP contribution >= 0.6 is 34.4 Å². The Kier molecular flexibility index (Phi) is 8.02. The number of carbonyl (C=O) groups excluding carboxylic acids is 1. The first-order valence-electron chi connectivity index (χ1n) is 9.56. The quantitative estimate of drug-likeness (QED) is 0.360. The van der Waals surface area contributed by atoms with E-state index < -0.39 is 12.6 Å². The first kappa shape index (κ1) is 23.9. The minimum absolute atomic E-state index is 0.264. The second-order valence-electron chi connectivity index (χ2n) is 6.60. The fraction of sp³-hybridized carbons (Fsp3) is 0.227. The Labute approximate surface area is 203 Å². The lowest BCUT2D eigenvalue weighted by Crippen LogP contribution is -2.19. The van der Waals surface area contributed by atoms with Gasteiger partial charge >= 0.3 is 5.97 Å². The van der Waals surface area contributed by atoms with Crippen molar-refractivity contribution in [2.45, 2.75) is 13.8 Å². The largest absolute Gasteiger partial charge is 0.494 e. The van der Waals surface area contributed by atoms with Crippen molar-refractivity contribution in [2.75, 3.05) is 20.3 Å². The molecule has 1 heterocycles. The maximum absolute atomic E-state index is 12.5. The zero-order chi connectivity index (χ0) is 23.3. The number of thioether (sulfide) groups is 1. The average Bonchev–Trinajstić information content (AvgIpc) is 3.06. The van der Waals surface area contributed by atoms with Gasteiger partial charge in [0.15, 0.2) is 23.3 Å². The number of rotatable bonds is 8. The highest BCUT2D eigenvalue weighted by Gasteiger charge is 2.25. The standard InChI is InChI=1S/C22H21IN2O6S/c1-4-30-17-9-13(8-14(23)20(17)31-11-19(26)27)10-18-21(28)25-22(32-18)24-15-7-12(2)5-6-16(15)29-3/h5-10H,4,11H2,1-3H3,(H,26,27)(H,24,25,28)/b18-10-. The molecule has 1 saturated heterocycles. The van der Waals surface area contributed by atoms with Gasteiger partial charge in [0.1, 0.15) is 11.4 Å². The number of amides is 1. The molecule has 3 rings (SSSR count). The predicted octanol–water partition coefficient (Wildman–Crippen LogP) is 4.36. The monoisotopic (exact) mass is 568 g/mol. The number of nitrogens with zero attached hydrogens (tertiary/aromatic N) is 1. The summed E-state index contributed by atoms with van der Waals surface area (Å²) in [6.07, 6.45) is 1.72. The van der Waals surface area contributed by atoms with Crippen molar-refractivity contribution in [2.24, 2.45) is 4.99 Å². The van der Waals surface area contributed by atoms with Gasteiger partial charge in [0.05, 0.1) is 22.2 Å². The lowest BCUT2D eigenvalue weighted by molar-refractivity contribution is -0.139. The molecule has 1 fully saturated rings. The topological polar surface area (TPSA) is 106 Å². The van der Waals surface area contributed by atoms with Crippen molar-refractivity contribution < 1.29 is 28.9 Å². The Hall–Kier alpha value is -2.73. The molecule has 168 valence electrons. The van der Waals surface area contributed by atoms with Crippen molar-refractivity contribution >= 4 is 63.2 Å². The van der Waals surface area contributed by atoms with E-state index >= 15 is 0 Å². The molecule has 0 saturated carbocycles. The molecule has 0 radical (unpaired) electrons. The van der Waals surface area contributed by atoms with Crippen LogP contribution in [0, 0.1) is 10.5 Å². The smallest absolute Gasteiger partial charge is 0.341 e. The number of amidine groups is 1. The van der Waals surface area contributed by atoms with Crippen LogP contribution in [0.2, 0.25) is 0 Å². The maximum Gasteiger partial charge on any atom is 0.341 e. The van der Waals surface area contributed by atoms with E-state index in [4.69, 9.17) is 19.3 Å². The molecule has 0 aliphatic carbocycles. The minimum atomic E-state index is -1.08. The van der Waals surface area contributed by atoms with Crippen LogP contribution in [0.3, 0.4) is 0 Å². The van der Waals surface area contributed by atoms with Crippen LogP contribution in [0.1, 0.15) is 18.1 Å². The zero-order valence-corrected chi connectivity index (χ0v) is 20.6. The Morgan fingerprint density at radius 1 is 1.25 bits per heavy atom. The molecule has 0 atom stereocenters. The van der Waals surface area contributed by atoms with Crippen molar-refractivity contribution in [1.82, 2.24) is 5.32 Å². The van der Waals surface area contributed by atoms with E-state index in [0.717, 1.165) is 5.56 Å². The number of carbonyl (C=O) groups is 2. The van der Waals surface area contributed by atoms with E-state index in [1.54, 1.807) is 25.3 Å². The number of nitrogens with one attached hydrogen (secondary N) is 1. The number of aryl methyl sites for hydroxylation is 1. The van der Waals surface area contributed by atoms with Crippen LogP contribution < -0.4 is 19.5 Å². The third kappa shape index (κ3) is 5.94. The summed E-state index contributed by atoms with van der Waals surface area (Å²) < 4.78 is 17.0. The van der Waals surface area contributed by atoms with Gasteiger partial charge in [-0.15, -0.1) is 0 Å². The molecule has 2 aromatic rings. The van der Waals surface area contributed by atoms with Gasteiger partial charge in [0.25, 0.3) is 5.91 Å². The number of aliphatic imine (C=N–C) groups is 1. The van der Waals surface area contributed by atoms with E-state index in [0.29, 0.717) is 48.7 Å². The fourth-order valence-electron chi connectivity index (χ4n) is 2.84. The highest BCUT2D eigenvalue weighted by atomic mass is 127. The molecule has 0 bridgehead atoms. The van der Waals surface area contributed by atoms with Crippen molar-refractivity contribution in [3.63, 3.8) is 0 Å². The molecule has 1 amide bonds. The van der Waals surface area contributed by atoms with Gasteiger partial charge in [0, 0.05) is 0 Å². The van der Waals surface area contributed by atoms with Gasteiger partial charge in [-0.1, -0.05) is 6.07 Å². The molecular weight excluding hydrogens is 547 g/mol. The summed E-state index contributed by atoms with van der Waals surface area (Å²) >= 11 is 3.27. The Morgan fingerprint density at radius 3 is 2.72 bits per heavy atom. The normalized spacial score (nSPS) is 15.7. The van der Waals surface area contributed by atoms with E-state index in [1.165, 1.54) is 11.8 Å². The molecule has 0 aromatic heterocycles. The van der Waals surface area contributed by atoms with Gasteiger partial charge in [0.2, 0.25) is 0 Å². The molecule has 10 heteroatoms. The van der Waals surface area contributed by atoms with E-state index in [9.17, 15) is 9.59 Å². The van der Waals surface area contributed by atoms with Gasteiger partial charge in [-0.2, -0.15) is 0 Å². The number of halogens is 1. The lowest BCUT2D eigenvalue weighted by atomic mass is 10.2. The third-order valence-corrected chi connectivity index (χ3v) is 5.89. The average molecular weight is 568 g/mol. The Bertz CT molecular complexity index is 1120. The van der Waals surface area contributed by atoms with Crippen molar-refractivity contribution in [3.05, 3.63) is 49.9 Å². The van der Waals surface area contributed by atoms with Crippen LogP contribution in [0.15, 0.2) is 40.2 Å². The first-order chi connectivity index (χ1) is 15.3. The molecule has 8 nitrogen and oxygen atoms in total. The molecule has 2 aromatic carbocycles. The van der Waals surface area contributed by atoms with Crippen LogP contribution in [0.25, 0.3) is 6.08 Å². The van der Waals surface area contributed by atoms with Crippen LogP contribution in [0.5, 0.6) is 17.2 Å². The molecule has 2 N–H and O–H groups in total. The first-order valence-corrected chi connectivity index (χ1v) is 11.5. The molecule has 0 unspecified atom stereocenters. The number of carboxylic acid groups (broad SMARTS) is 1. The van der Waals surface area contributed by atoms with Gasteiger partial charge in [-0.25, -0.2) is 9.79 Å². The van der Waals surface area contributed by atoms with Gasteiger partial charge in [-0.3, -0.25) is 4.79 Å². The van der Waals surface area contributed by atoms with Crippen LogP contribution in [-0.2, 0) is 9.59 Å². The number of carboxylic acids is 1. The number of hydrogen-bond acceptors (Lipinski definition) is 7. The summed E-state index contributed by atoms with van der Waals surface area (Å²) in [5.74, 6) is 0.0388. The SMILES string of the molecule is CCOc1cc(/C=C2\SC(=Nc3cc(C)ccc3OC)NC2=O)cc(I)c1OCC(=O)O. The third-order valence-electron chi connectivity index (χ3n) is 4.18. The van der Waals surface area contributed by atoms with E-state index in [-0.39, 0.29) is 5.91 Å². The van der Waals surface area contributed by atoms with Crippen molar-refractivity contribution in [3.8, 4) is 17.2 Å². The highest BCUT2D eigenvalue weighted by molar-refractivity contribution is 14.1. The molecular formula is C22H21IN2O6S. The number of aliphatic carboxylic acids is 1. The molecule has 1 aliphatic heterocycles. The summed E-state index contributed by atoms with van der Waals surface area (Å²) in [4.78, 5) is 28.4. The molecule has 32 heavy (non-hydrogen) atoms. The van der Waals surface area contributed by atoms with Crippen LogP contribution in [-0.4, -0.2) is 42.5 Å². The second-order valence-corrected chi connectivity index (χ2v) is 8.80. The Balaban J connectivity index is 1.89. The summed E-state index contributed by atoms with van der Waals surface area (Å²) in [5, 5.41) is 12.1. The van der Waals surface area contributed by atoms with E-state index in [1.807, 2.05) is 54.6 Å². The van der Waals surface area contributed by atoms with Crippen LogP contribution in [0.4, 0.5) is 5.69 Å². The van der Waals surface area contributed by atoms with Crippen molar-refractivity contribution in [1.29, 1.82) is 0 Å². The summed E-state index contributed by atoms with van der Waals surface area (Å²) in [7, 11) is 1.57. The van der Waals surface area contributed by atoms with Gasteiger partial charge < -0.3 is 24.6 Å². The maximum atomic E-state index is 12.5. The lowest BCUT2D eigenvalue weighted by Gasteiger charge is -2.13. The van der Waals surface area contributed by atoms with Gasteiger partial charge in [-0.05, 0) is 89.7 Å². The minimum Gasteiger partial charge on any atom is -0.494 e. The summed E-state index contributed by atoms with van der Waals surface area (Å²) in [5.41, 5.74) is 2.37. The number of benzene rings is 2. The summed E-state index contributed by atoms with van der Waals surface area (Å²) in [6.45, 7) is 3.68. The predicted molar refractivity (Wildman–Crippen MR) is 132 cm³/mol. The number of ether oxygens (including phenoxy) is 3. The number of hydrogen-bond donors (Lipinski definition) is 2. The number of methoxy groups -OCH3 is 1.